The van der Waals surface area contributed by atoms with Crippen molar-refractivity contribution in [2.24, 2.45) is 13.0 Å². The minimum absolute atomic E-state index is 0.00468. The zero-order valence-electron chi connectivity index (χ0n) is 14.4. The molecular formula is C18H22N4O2S. The summed E-state index contributed by atoms with van der Waals surface area (Å²) < 4.78 is 1.90. The number of nitrogens with zero attached hydrogens (tertiary/aromatic N) is 3. The molecule has 0 saturated carbocycles. The number of aryl methyl sites for hydroxylation is 1. The molecule has 0 aromatic carbocycles. The average molecular weight is 358 g/mol. The fourth-order valence-corrected chi connectivity index (χ4v) is 5.02. The molecule has 2 aromatic heterocycles. The van der Waals surface area contributed by atoms with Crippen molar-refractivity contribution in [1.29, 1.82) is 0 Å². The van der Waals surface area contributed by atoms with E-state index in [9.17, 15) is 9.59 Å². The van der Waals surface area contributed by atoms with Gasteiger partial charge in [0.15, 0.2) is 0 Å². The third-order valence-electron chi connectivity index (χ3n) is 5.45. The number of amides is 2. The number of nitrogens with one attached hydrogen (secondary N) is 1. The first-order valence-electron chi connectivity index (χ1n) is 8.66. The maximum atomic E-state index is 13.0. The molecule has 0 unspecified atom stereocenters. The van der Waals surface area contributed by atoms with Gasteiger partial charge in [0.1, 0.15) is 0 Å². The van der Waals surface area contributed by atoms with E-state index in [1.165, 1.54) is 5.69 Å². The van der Waals surface area contributed by atoms with Gasteiger partial charge in [-0.15, -0.1) is 11.3 Å². The van der Waals surface area contributed by atoms with Gasteiger partial charge in [0.25, 0.3) is 0 Å². The number of hydrogen-bond donors (Lipinski definition) is 1. The van der Waals surface area contributed by atoms with Crippen LogP contribution in [0.25, 0.3) is 0 Å². The Bertz CT molecular complexity index is 798. The molecule has 1 saturated heterocycles. The number of rotatable bonds is 3. The number of likely N-dealkylation sites (tertiary alicyclic amines) is 1. The first-order valence-corrected chi connectivity index (χ1v) is 9.54. The van der Waals surface area contributed by atoms with Gasteiger partial charge in [-0.3, -0.25) is 14.3 Å². The van der Waals surface area contributed by atoms with Crippen LogP contribution in [0.3, 0.4) is 0 Å². The second kappa shape index (κ2) is 6.29. The van der Waals surface area contributed by atoms with E-state index in [2.05, 4.69) is 10.4 Å². The molecule has 0 spiro atoms. The van der Waals surface area contributed by atoms with Crippen molar-refractivity contribution in [2.75, 3.05) is 7.05 Å². The SMILES string of the molecule is CN1C(=O)C[C@H](C(=O)N[C@H]2CCCc3c2cnn3C)[C@H]1c1cccs1. The molecule has 2 aromatic rings. The Labute approximate surface area is 150 Å². The summed E-state index contributed by atoms with van der Waals surface area (Å²) in [5, 5.41) is 9.52. The van der Waals surface area contributed by atoms with Crippen LogP contribution in [-0.4, -0.2) is 33.5 Å². The van der Waals surface area contributed by atoms with Crippen LogP contribution in [0.4, 0.5) is 0 Å². The van der Waals surface area contributed by atoms with Crippen LogP contribution in [0.2, 0.25) is 0 Å². The van der Waals surface area contributed by atoms with Crippen LogP contribution in [0.15, 0.2) is 23.7 Å². The summed E-state index contributed by atoms with van der Waals surface area (Å²) in [6.07, 6.45) is 5.10. The third-order valence-corrected chi connectivity index (χ3v) is 6.39. The van der Waals surface area contributed by atoms with Crippen molar-refractivity contribution >= 4 is 23.2 Å². The number of aromatic nitrogens is 2. The van der Waals surface area contributed by atoms with Crippen molar-refractivity contribution in [2.45, 2.75) is 37.8 Å². The Morgan fingerprint density at radius 3 is 3.00 bits per heavy atom. The van der Waals surface area contributed by atoms with Crippen molar-refractivity contribution in [3.63, 3.8) is 0 Å². The molecule has 7 heteroatoms. The van der Waals surface area contributed by atoms with Gasteiger partial charge in [0, 0.05) is 36.7 Å². The number of hydrogen-bond acceptors (Lipinski definition) is 4. The Kier molecular flexibility index (Phi) is 4.11. The zero-order chi connectivity index (χ0) is 17.6. The Balaban J connectivity index is 1.56. The van der Waals surface area contributed by atoms with Gasteiger partial charge >= 0.3 is 0 Å². The Morgan fingerprint density at radius 2 is 2.24 bits per heavy atom. The third kappa shape index (κ3) is 2.76. The highest BCUT2D eigenvalue weighted by atomic mass is 32.1. The van der Waals surface area contributed by atoms with E-state index in [1.807, 2.05) is 35.4 Å². The second-order valence-corrected chi connectivity index (χ2v) is 7.88. The van der Waals surface area contributed by atoms with E-state index < -0.39 is 0 Å². The fourth-order valence-electron chi connectivity index (χ4n) is 4.09. The van der Waals surface area contributed by atoms with Crippen LogP contribution in [-0.2, 0) is 23.1 Å². The molecule has 3 atom stereocenters. The molecule has 0 radical (unpaired) electrons. The lowest BCUT2D eigenvalue weighted by atomic mass is 9.91. The highest BCUT2D eigenvalue weighted by Crippen LogP contribution is 2.40. The fraction of sp³-hybridized carbons (Fsp3) is 0.500. The summed E-state index contributed by atoms with van der Waals surface area (Å²) in [6.45, 7) is 0. The van der Waals surface area contributed by atoms with E-state index in [4.69, 9.17) is 0 Å². The normalized spacial score (nSPS) is 25.9. The standard InChI is InChI=1S/C18H22N4O2S/c1-21-16(23)9-11(17(21)15-7-4-8-25-15)18(24)20-13-5-3-6-14-12(13)10-19-22(14)2/h4,7-8,10-11,13,17H,3,5-6,9H2,1-2H3,(H,20,24)/t11-,13-,17-/m0/s1. The molecule has 2 amide bonds. The summed E-state index contributed by atoms with van der Waals surface area (Å²) in [5.74, 6) is -0.333. The van der Waals surface area contributed by atoms with Gasteiger partial charge in [-0.25, -0.2) is 0 Å². The van der Waals surface area contributed by atoms with Crippen LogP contribution >= 0.6 is 11.3 Å². The predicted molar refractivity (Wildman–Crippen MR) is 95.0 cm³/mol. The molecule has 25 heavy (non-hydrogen) atoms. The van der Waals surface area contributed by atoms with Crippen molar-refractivity contribution < 1.29 is 9.59 Å². The number of fused-ring (bicyclic) bond motifs is 1. The van der Waals surface area contributed by atoms with Crippen LogP contribution in [0.1, 0.15) is 47.5 Å². The second-order valence-electron chi connectivity index (χ2n) is 6.90. The molecular weight excluding hydrogens is 336 g/mol. The highest BCUT2D eigenvalue weighted by Gasteiger charge is 2.43. The predicted octanol–water partition coefficient (Wildman–Crippen LogP) is 2.19. The van der Waals surface area contributed by atoms with Crippen molar-refractivity contribution in [3.8, 4) is 0 Å². The van der Waals surface area contributed by atoms with E-state index in [0.717, 1.165) is 29.7 Å². The number of carbonyl (C=O) groups is 2. The summed E-state index contributed by atoms with van der Waals surface area (Å²) in [4.78, 5) is 28.0. The van der Waals surface area contributed by atoms with Gasteiger partial charge in [0.05, 0.1) is 24.2 Å². The van der Waals surface area contributed by atoms with Crippen LogP contribution in [0, 0.1) is 5.92 Å². The van der Waals surface area contributed by atoms with E-state index in [1.54, 1.807) is 23.3 Å². The lowest BCUT2D eigenvalue weighted by Crippen LogP contribution is -2.37. The highest BCUT2D eigenvalue weighted by molar-refractivity contribution is 7.10. The largest absolute Gasteiger partial charge is 0.349 e. The Hall–Kier alpha value is -2.15. The Morgan fingerprint density at radius 1 is 1.40 bits per heavy atom. The van der Waals surface area contributed by atoms with Gasteiger partial charge in [-0.05, 0) is 30.7 Å². The lowest BCUT2D eigenvalue weighted by molar-refractivity contribution is -0.128. The molecule has 6 nitrogen and oxygen atoms in total. The van der Waals surface area contributed by atoms with Gasteiger partial charge in [-0.2, -0.15) is 5.10 Å². The first kappa shape index (κ1) is 16.3. The minimum Gasteiger partial charge on any atom is -0.349 e. The molecule has 0 bridgehead atoms. The lowest BCUT2D eigenvalue weighted by Gasteiger charge is -2.27. The molecule has 2 aliphatic rings. The average Bonchev–Trinajstić information content (AvgIpc) is 3.30. The summed E-state index contributed by atoms with van der Waals surface area (Å²) in [5.41, 5.74) is 2.32. The van der Waals surface area contributed by atoms with E-state index in [0.29, 0.717) is 0 Å². The van der Waals surface area contributed by atoms with Gasteiger partial charge in [0.2, 0.25) is 11.8 Å². The van der Waals surface area contributed by atoms with Crippen molar-refractivity contribution in [1.82, 2.24) is 20.0 Å². The summed E-state index contributed by atoms with van der Waals surface area (Å²) >= 11 is 1.60. The van der Waals surface area contributed by atoms with E-state index in [-0.39, 0.29) is 36.2 Å². The molecule has 1 aliphatic heterocycles. The quantitative estimate of drug-likeness (QED) is 0.915. The molecule has 3 heterocycles. The van der Waals surface area contributed by atoms with Crippen molar-refractivity contribution in [3.05, 3.63) is 39.8 Å². The first-order chi connectivity index (χ1) is 12.1. The van der Waals surface area contributed by atoms with Gasteiger partial charge in [-0.1, -0.05) is 6.07 Å². The molecule has 4 rings (SSSR count). The zero-order valence-corrected chi connectivity index (χ0v) is 15.3. The maximum Gasteiger partial charge on any atom is 0.226 e. The van der Waals surface area contributed by atoms with E-state index >= 15 is 0 Å². The minimum atomic E-state index is -0.335. The summed E-state index contributed by atoms with van der Waals surface area (Å²) in [7, 11) is 3.74. The molecule has 132 valence electrons. The topological polar surface area (TPSA) is 67.2 Å². The number of thiophene rings is 1. The smallest absolute Gasteiger partial charge is 0.226 e. The molecule has 1 N–H and O–H groups in total. The van der Waals surface area contributed by atoms with Crippen LogP contribution < -0.4 is 5.32 Å². The number of carbonyl (C=O) groups excluding carboxylic acids is 2. The maximum absolute atomic E-state index is 13.0. The van der Waals surface area contributed by atoms with Gasteiger partial charge < -0.3 is 10.2 Å². The van der Waals surface area contributed by atoms with Crippen LogP contribution in [0.5, 0.6) is 0 Å². The monoisotopic (exact) mass is 358 g/mol. The molecule has 1 aliphatic carbocycles. The summed E-state index contributed by atoms with van der Waals surface area (Å²) in [6, 6.07) is 3.80. The molecule has 1 fully saturated rings.